The van der Waals surface area contributed by atoms with Gasteiger partial charge in [0.05, 0.1) is 22.2 Å². The van der Waals surface area contributed by atoms with E-state index in [9.17, 15) is 8.78 Å². The second-order valence-electron chi connectivity index (χ2n) is 17.2. The number of terminal acetylenes is 2. The standard InChI is InChI=1S/C63H48F2N4/c1-6-16-49(17-7-2)68-59(8-3)57(55-20-12-14-22-61(55)68)41-44(5)66(52-35-28-47(64)29-36-52)51-31-24-45(25-32-51)46-26-33-53(34-27-46)67(60-38-30-48(65)40-43(60)4)54-37-39-63-58(42-54)56-21-13-15-23-62(56)69(63)50-18-10-9-11-19-50/h1,3,7,9-39,41-43H,40H2,2,4-5H3/b17-7-,44-41+,49-16+. The Labute approximate surface area is 402 Å². The van der Waals surface area contributed by atoms with Crippen molar-refractivity contribution in [3.05, 3.63) is 235 Å². The van der Waals surface area contributed by atoms with Gasteiger partial charge in [-0.05, 0) is 140 Å². The summed E-state index contributed by atoms with van der Waals surface area (Å²) in [7, 11) is 0. The van der Waals surface area contributed by atoms with E-state index in [1.807, 2.05) is 60.9 Å². The van der Waals surface area contributed by atoms with Gasteiger partial charge in [0, 0.05) is 80.0 Å². The van der Waals surface area contributed by atoms with E-state index in [0.717, 1.165) is 94.9 Å². The summed E-state index contributed by atoms with van der Waals surface area (Å²) in [5.74, 6) is 5.13. The maximum atomic E-state index is 14.7. The van der Waals surface area contributed by atoms with E-state index >= 15 is 0 Å². The van der Waals surface area contributed by atoms with Gasteiger partial charge >= 0.3 is 0 Å². The van der Waals surface area contributed by atoms with Gasteiger partial charge in [0.1, 0.15) is 17.3 Å². The molecule has 0 spiro atoms. The highest BCUT2D eigenvalue weighted by atomic mass is 19.1. The van der Waals surface area contributed by atoms with Crippen LogP contribution in [0.15, 0.2) is 217 Å². The molecule has 69 heavy (non-hydrogen) atoms. The first-order valence-electron chi connectivity index (χ1n) is 23.0. The molecule has 0 radical (unpaired) electrons. The molecular weight excluding hydrogens is 851 g/mol. The lowest BCUT2D eigenvalue weighted by Crippen LogP contribution is -2.23. The Morgan fingerprint density at radius 3 is 1.90 bits per heavy atom. The van der Waals surface area contributed by atoms with Crippen LogP contribution >= 0.6 is 0 Å². The molecule has 4 nitrogen and oxygen atoms in total. The highest BCUT2D eigenvalue weighted by molar-refractivity contribution is 6.10. The van der Waals surface area contributed by atoms with Gasteiger partial charge < -0.3 is 18.9 Å². The van der Waals surface area contributed by atoms with Crippen molar-refractivity contribution in [1.29, 1.82) is 0 Å². The molecule has 1 unspecified atom stereocenters. The summed E-state index contributed by atoms with van der Waals surface area (Å²) in [5, 5.41) is 3.27. The molecule has 1 aliphatic rings. The monoisotopic (exact) mass is 898 g/mol. The summed E-state index contributed by atoms with van der Waals surface area (Å²) in [5.41, 5.74) is 14.2. The topological polar surface area (TPSA) is 16.3 Å². The Kier molecular flexibility index (Phi) is 12.0. The molecule has 1 aliphatic carbocycles. The fourth-order valence-corrected chi connectivity index (χ4v) is 9.79. The Balaban J connectivity index is 1.02. The van der Waals surface area contributed by atoms with Crippen LogP contribution in [0.5, 0.6) is 0 Å². The van der Waals surface area contributed by atoms with Crippen LogP contribution in [-0.4, -0.2) is 9.13 Å². The van der Waals surface area contributed by atoms with Gasteiger partial charge in [0.2, 0.25) is 0 Å². The molecule has 0 N–H and O–H groups in total. The van der Waals surface area contributed by atoms with Gasteiger partial charge in [-0.1, -0.05) is 104 Å². The summed E-state index contributed by atoms with van der Waals surface area (Å²) < 4.78 is 33.4. The highest BCUT2D eigenvalue weighted by Crippen LogP contribution is 2.42. The van der Waals surface area contributed by atoms with Crippen LogP contribution in [0.2, 0.25) is 0 Å². The molecule has 10 rings (SSSR count). The highest BCUT2D eigenvalue weighted by Gasteiger charge is 2.25. The van der Waals surface area contributed by atoms with Crippen LogP contribution in [0.4, 0.5) is 31.5 Å². The Morgan fingerprint density at radius 1 is 0.652 bits per heavy atom. The number of aromatic nitrogens is 2. The van der Waals surface area contributed by atoms with Crippen LogP contribution in [0.3, 0.4) is 0 Å². The number of fused-ring (bicyclic) bond motifs is 4. The van der Waals surface area contributed by atoms with Crippen LogP contribution < -0.4 is 9.80 Å². The van der Waals surface area contributed by atoms with Crippen molar-refractivity contribution in [3.8, 4) is 41.5 Å². The number of nitrogens with zero attached hydrogens (tertiary/aromatic N) is 4. The molecular formula is C63H48F2N4. The lowest BCUT2D eigenvalue weighted by atomic mass is 9.95. The first-order chi connectivity index (χ1) is 33.8. The van der Waals surface area contributed by atoms with Crippen molar-refractivity contribution >= 4 is 67.2 Å². The predicted octanol–water partition coefficient (Wildman–Crippen LogP) is 16.7. The second-order valence-corrected chi connectivity index (χ2v) is 17.2. The summed E-state index contributed by atoms with van der Waals surface area (Å²) in [6.07, 6.45) is 23.6. The lowest BCUT2D eigenvalue weighted by Gasteiger charge is -2.33. The number of anilines is 4. The molecule has 0 bridgehead atoms. The third kappa shape index (κ3) is 8.24. The fourth-order valence-electron chi connectivity index (χ4n) is 9.79. The molecule has 0 fully saturated rings. The van der Waals surface area contributed by atoms with E-state index < -0.39 is 0 Å². The zero-order chi connectivity index (χ0) is 47.6. The van der Waals surface area contributed by atoms with Crippen molar-refractivity contribution in [3.63, 3.8) is 0 Å². The maximum Gasteiger partial charge on any atom is 0.123 e. The van der Waals surface area contributed by atoms with Crippen LogP contribution in [-0.2, 0) is 0 Å². The summed E-state index contributed by atoms with van der Waals surface area (Å²) in [6, 6.07) is 57.1. The number of para-hydroxylation sites is 3. The van der Waals surface area contributed by atoms with Crippen molar-refractivity contribution in [2.24, 2.45) is 5.92 Å². The molecule has 1 atom stereocenters. The minimum Gasteiger partial charge on any atom is -0.314 e. The van der Waals surface area contributed by atoms with E-state index in [0.29, 0.717) is 12.1 Å². The van der Waals surface area contributed by atoms with Crippen molar-refractivity contribution in [2.75, 3.05) is 9.80 Å². The fraction of sp³-hybridized carbons (Fsp3) is 0.0794. The number of halogens is 2. The third-order valence-corrected chi connectivity index (χ3v) is 12.9. The van der Waals surface area contributed by atoms with Crippen LogP contribution in [0.25, 0.3) is 61.3 Å². The molecule has 0 amide bonds. The van der Waals surface area contributed by atoms with Gasteiger partial charge in [0.15, 0.2) is 0 Å². The molecule has 0 saturated heterocycles. The summed E-state index contributed by atoms with van der Waals surface area (Å²) >= 11 is 0. The van der Waals surface area contributed by atoms with Gasteiger partial charge in [-0.2, -0.15) is 0 Å². The normalized spacial score (nSPS) is 14.2. The zero-order valence-corrected chi connectivity index (χ0v) is 38.6. The zero-order valence-electron chi connectivity index (χ0n) is 38.6. The molecule has 7 aromatic carbocycles. The molecule has 334 valence electrons. The lowest BCUT2D eigenvalue weighted by molar-refractivity contribution is 0.516. The van der Waals surface area contributed by atoms with E-state index in [-0.39, 0.29) is 17.6 Å². The van der Waals surface area contributed by atoms with Gasteiger partial charge in [-0.25, -0.2) is 8.78 Å². The first kappa shape index (κ1) is 44.0. The quantitative estimate of drug-likeness (QED) is 0.0950. The minimum atomic E-state index is -0.318. The molecule has 2 heterocycles. The Morgan fingerprint density at radius 2 is 1.25 bits per heavy atom. The molecule has 2 aromatic heterocycles. The maximum absolute atomic E-state index is 14.7. The van der Waals surface area contributed by atoms with Crippen molar-refractivity contribution in [2.45, 2.75) is 27.2 Å². The van der Waals surface area contributed by atoms with Gasteiger partial charge in [-0.3, -0.25) is 0 Å². The largest absolute Gasteiger partial charge is 0.314 e. The van der Waals surface area contributed by atoms with Crippen LogP contribution in [0, 0.1) is 36.4 Å². The molecule has 9 aromatic rings. The number of hydrogen-bond acceptors (Lipinski definition) is 2. The van der Waals surface area contributed by atoms with E-state index in [1.54, 1.807) is 24.3 Å². The number of allylic oxidation sites excluding steroid dienone is 9. The predicted molar refractivity (Wildman–Crippen MR) is 286 cm³/mol. The summed E-state index contributed by atoms with van der Waals surface area (Å²) in [6.45, 7) is 6.06. The third-order valence-electron chi connectivity index (χ3n) is 12.9. The molecule has 0 aliphatic heterocycles. The van der Waals surface area contributed by atoms with E-state index in [4.69, 9.17) is 12.8 Å². The number of hydrogen-bond donors (Lipinski definition) is 0. The van der Waals surface area contributed by atoms with Gasteiger partial charge in [-0.15, -0.1) is 12.8 Å². The molecule has 0 saturated carbocycles. The number of rotatable bonds is 11. The molecule has 6 heteroatoms. The Hall–Kier alpha value is -8.84. The van der Waals surface area contributed by atoms with Crippen LogP contribution in [0.1, 0.15) is 38.4 Å². The number of benzene rings is 7. The summed E-state index contributed by atoms with van der Waals surface area (Å²) in [4.78, 5) is 4.37. The van der Waals surface area contributed by atoms with Crippen molar-refractivity contribution < 1.29 is 8.78 Å². The average molecular weight is 899 g/mol. The average Bonchev–Trinajstić information content (AvgIpc) is 3.87. The Bertz CT molecular complexity index is 3640. The van der Waals surface area contributed by atoms with E-state index in [1.165, 1.54) is 12.1 Å². The second kappa shape index (κ2) is 18.8. The van der Waals surface area contributed by atoms with Crippen molar-refractivity contribution in [1.82, 2.24) is 9.13 Å². The van der Waals surface area contributed by atoms with E-state index in [2.05, 4.69) is 161 Å². The van der Waals surface area contributed by atoms with Gasteiger partial charge in [0.25, 0.3) is 0 Å². The SMILES string of the molecule is C#C/C=C(\C=C/C)n1c(C#C)c(/C=C(\C)N(c2ccc(F)cc2)c2ccc(-c3ccc(N(C4=CC=C(F)CC4C)c4ccc5c(c4)c4ccccc4n5-c4ccccc4)cc3)cc2)c2ccccc21. The smallest absolute Gasteiger partial charge is 0.123 e. The minimum absolute atomic E-state index is 0.0529. The first-order valence-corrected chi connectivity index (χ1v) is 23.0.